The van der Waals surface area contributed by atoms with Gasteiger partial charge in [-0.1, -0.05) is 37.3 Å². The summed E-state index contributed by atoms with van der Waals surface area (Å²) in [6.07, 6.45) is 0.790. The standard InChI is InChI=1S/C15H19N3O2S2.ClH/c1-15(10-16)7-8-18(11-15)22(19,20)13-9-21-14(17-13)12-5-3-2-4-6-12;/h2-6,9H,7-8,10-11,16H2,1H3;1H. The molecule has 1 aromatic carbocycles. The fourth-order valence-corrected chi connectivity index (χ4v) is 5.23. The van der Waals surface area contributed by atoms with E-state index in [-0.39, 0.29) is 22.8 Å². The summed E-state index contributed by atoms with van der Waals surface area (Å²) in [4.78, 5) is 4.33. The van der Waals surface area contributed by atoms with Gasteiger partial charge in [-0.05, 0) is 18.4 Å². The van der Waals surface area contributed by atoms with Crippen LogP contribution in [0.3, 0.4) is 0 Å². The average molecular weight is 374 g/mol. The summed E-state index contributed by atoms with van der Waals surface area (Å²) in [6.45, 7) is 3.49. The lowest BCUT2D eigenvalue weighted by molar-refractivity contribution is 0.349. The average Bonchev–Trinajstić information content (AvgIpc) is 3.16. The molecule has 8 heteroatoms. The quantitative estimate of drug-likeness (QED) is 0.893. The molecule has 1 aliphatic rings. The topological polar surface area (TPSA) is 76.3 Å². The first-order chi connectivity index (χ1) is 10.4. The van der Waals surface area contributed by atoms with Crippen molar-refractivity contribution in [3.63, 3.8) is 0 Å². The second kappa shape index (κ2) is 6.86. The van der Waals surface area contributed by atoms with Crippen LogP contribution >= 0.6 is 23.7 Å². The maximum absolute atomic E-state index is 12.7. The van der Waals surface area contributed by atoms with Crippen molar-refractivity contribution >= 4 is 33.8 Å². The highest BCUT2D eigenvalue weighted by molar-refractivity contribution is 7.89. The van der Waals surface area contributed by atoms with Gasteiger partial charge in [0.2, 0.25) is 0 Å². The summed E-state index contributed by atoms with van der Waals surface area (Å²) in [6, 6.07) is 9.61. The van der Waals surface area contributed by atoms with E-state index in [1.54, 1.807) is 5.38 Å². The van der Waals surface area contributed by atoms with Gasteiger partial charge >= 0.3 is 0 Å². The van der Waals surface area contributed by atoms with E-state index in [4.69, 9.17) is 5.73 Å². The molecule has 23 heavy (non-hydrogen) atoms. The van der Waals surface area contributed by atoms with Crippen LogP contribution in [0, 0.1) is 5.41 Å². The highest BCUT2D eigenvalue weighted by Crippen LogP contribution is 2.33. The van der Waals surface area contributed by atoms with Crippen LogP contribution in [0.25, 0.3) is 10.6 Å². The third kappa shape index (κ3) is 3.59. The van der Waals surface area contributed by atoms with Crippen molar-refractivity contribution in [3.8, 4) is 10.6 Å². The van der Waals surface area contributed by atoms with E-state index in [9.17, 15) is 8.42 Å². The van der Waals surface area contributed by atoms with Crippen molar-refractivity contribution in [3.05, 3.63) is 35.7 Å². The van der Waals surface area contributed by atoms with Crippen molar-refractivity contribution in [1.82, 2.24) is 9.29 Å². The highest BCUT2D eigenvalue weighted by Gasteiger charge is 2.39. The number of rotatable bonds is 4. The fourth-order valence-electron chi connectivity index (χ4n) is 2.57. The van der Waals surface area contributed by atoms with E-state index >= 15 is 0 Å². The number of aromatic nitrogens is 1. The summed E-state index contributed by atoms with van der Waals surface area (Å²) >= 11 is 1.35. The molecule has 1 aliphatic heterocycles. The molecular weight excluding hydrogens is 354 g/mol. The number of benzene rings is 1. The summed E-state index contributed by atoms with van der Waals surface area (Å²) in [7, 11) is -3.53. The Bertz CT molecular complexity index is 764. The molecule has 0 radical (unpaired) electrons. The predicted octanol–water partition coefficient (Wildman–Crippen LogP) is 2.59. The molecular formula is C15H20ClN3O2S2. The SMILES string of the molecule is CC1(CN)CCN(S(=O)(=O)c2csc(-c3ccccc3)n2)C1.Cl. The van der Waals surface area contributed by atoms with Gasteiger partial charge in [0.1, 0.15) is 5.01 Å². The molecule has 0 amide bonds. The molecule has 1 fully saturated rings. The fraction of sp³-hybridized carbons (Fsp3) is 0.400. The van der Waals surface area contributed by atoms with Gasteiger partial charge in [-0.15, -0.1) is 23.7 Å². The first kappa shape index (κ1) is 18.4. The maximum atomic E-state index is 12.7. The molecule has 3 rings (SSSR count). The van der Waals surface area contributed by atoms with Crippen LogP contribution < -0.4 is 5.73 Å². The highest BCUT2D eigenvalue weighted by atomic mass is 35.5. The van der Waals surface area contributed by atoms with Gasteiger partial charge in [-0.2, -0.15) is 4.31 Å². The Morgan fingerprint density at radius 1 is 1.35 bits per heavy atom. The van der Waals surface area contributed by atoms with Crippen LogP contribution in [0.1, 0.15) is 13.3 Å². The summed E-state index contributed by atoms with van der Waals surface area (Å²) in [5.41, 5.74) is 6.56. The van der Waals surface area contributed by atoms with Gasteiger partial charge in [0, 0.05) is 24.0 Å². The minimum atomic E-state index is -3.53. The molecule has 1 atom stereocenters. The number of hydrogen-bond donors (Lipinski definition) is 1. The van der Waals surface area contributed by atoms with Crippen LogP contribution in [-0.4, -0.2) is 37.3 Å². The first-order valence-electron chi connectivity index (χ1n) is 7.16. The number of nitrogens with zero attached hydrogens (tertiary/aromatic N) is 2. The van der Waals surface area contributed by atoms with Crippen LogP contribution in [0.4, 0.5) is 0 Å². The van der Waals surface area contributed by atoms with Crippen LogP contribution in [0.2, 0.25) is 0 Å². The maximum Gasteiger partial charge on any atom is 0.261 e. The van der Waals surface area contributed by atoms with Gasteiger partial charge in [-0.3, -0.25) is 0 Å². The molecule has 1 unspecified atom stereocenters. The van der Waals surface area contributed by atoms with Crippen molar-refractivity contribution in [1.29, 1.82) is 0 Å². The summed E-state index contributed by atoms with van der Waals surface area (Å²) in [5.74, 6) is 0. The Balaban J connectivity index is 0.00000192. The van der Waals surface area contributed by atoms with Crippen molar-refractivity contribution < 1.29 is 8.42 Å². The van der Waals surface area contributed by atoms with Gasteiger partial charge in [0.25, 0.3) is 10.0 Å². The second-order valence-electron chi connectivity index (χ2n) is 5.96. The third-order valence-corrected chi connectivity index (χ3v) is 6.89. The molecule has 2 aromatic rings. The molecule has 1 aromatic heterocycles. The molecule has 1 saturated heterocycles. The summed E-state index contributed by atoms with van der Waals surface area (Å²) < 4.78 is 26.9. The van der Waals surface area contributed by atoms with Gasteiger partial charge in [-0.25, -0.2) is 13.4 Å². The summed E-state index contributed by atoms with van der Waals surface area (Å²) in [5, 5.41) is 2.48. The van der Waals surface area contributed by atoms with E-state index in [1.807, 2.05) is 37.3 Å². The molecule has 2 heterocycles. The first-order valence-corrected chi connectivity index (χ1v) is 9.48. The zero-order valence-electron chi connectivity index (χ0n) is 12.8. The van der Waals surface area contributed by atoms with Crippen molar-refractivity contribution in [2.24, 2.45) is 11.1 Å². The predicted molar refractivity (Wildman–Crippen MR) is 95.3 cm³/mol. The number of sulfonamides is 1. The van der Waals surface area contributed by atoms with Gasteiger partial charge in [0.05, 0.1) is 0 Å². The minimum Gasteiger partial charge on any atom is -0.330 e. The van der Waals surface area contributed by atoms with Crippen LogP contribution in [-0.2, 0) is 10.0 Å². The molecule has 0 saturated carbocycles. The molecule has 0 aliphatic carbocycles. The van der Waals surface area contributed by atoms with E-state index in [0.29, 0.717) is 19.6 Å². The zero-order valence-corrected chi connectivity index (χ0v) is 15.3. The zero-order chi connectivity index (χ0) is 15.8. The van der Waals surface area contributed by atoms with Crippen LogP contribution in [0.5, 0.6) is 0 Å². The van der Waals surface area contributed by atoms with Crippen molar-refractivity contribution in [2.45, 2.75) is 18.4 Å². The lowest BCUT2D eigenvalue weighted by Gasteiger charge is -2.21. The van der Waals surface area contributed by atoms with Gasteiger partial charge in [0.15, 0.2) is 5.03 Å². The van der Waals surface area contributed by atoms with Crippen molar-refractivity contribution in [2.75, 3.05) is 19.6 Å². The number of hydrogen-bond acceptors (Lipinski definition) is 5. The smallest absolute Gasteiger partial charge is 0.261 e. The second-order valence-corrected chi connectivity index (χ2v) is 8.70. The van der Waals surface area contributed by atoms with E-state index in [0.717, 1.165) is 17.0 Å². The van der Waals surface area contributed by atoms with E-state index in [1.165, 1.54) is 15.6 Å². The Morgan fingerprint density at radius 2 is 2.04 bits per heavy atom. The third-order valence-electron chi connectivity index (χ3n) is 4.12. The molecule has 0 bridgehead atoms. The number of nitrogens with two attached hydrogens (primary N) is 1. The molecule has 2 N–H and O–H groups in total. The van der Waals surface area contributed by atoms with E-state index in [2.05, 4.69) is 4.98 Å². The lowest BCUT2D eigenvalue weighted by atomic mass is 9.90. The minimum absolute atomic E-state index is 0. The number of halogens is 1. The molecule has 0 spiro atoms. The lowest BCUT2D eigenvalue weighted by Crippen LogP contribution is -2.34. The van der Waals surface area contributed by atoms with E-state index < -0.39 is 10.0 Å². The number of thiazole rings is 1. The Morgan fingerprint density at radius 3 is 2.65 bits per heavy atom. The Kier molecular flexibility index (Phi) is 5.48. The Hall–Kier alpha value is -0.990. The van der Waals surface area contributed by atoms with Gasteiger partial charge < -0.3 is 5.73 Å². The molecule has 126 valence electrons. The van der Waals surface area contributed by atoms with Crippen LogP contribution in [0.15, 0.2) is 40.7 Å². The monoisotopic (exact) mass is 373 g/mol. The largest absolute Gasteiger partial charge is 0.330 e. The Labute approximate surface area is 147 Å². The molecule has 5 nitrogen and oxygen atoms in total. The normalized spacial score (nSPS) is 22.0.